The maximum atomic E-state index is 12.6. The number of aromatic nitrogens is 3. The summed E-state index contributed by atoms with van der Waals surface area (Å²) in [6.07, 6.45) is -4.47. The Morgan fingerprint density at radius 2 is 1.68 bits per heavy atom. The molecule has 0 saturated heterocycles. The van der Waals surface area contributed by atoms with Gasteiger partial charge in [-0.15, -0.1) is 0 Å². The normalized spacial score (nSPS) is 11.4. The molecule has 0 aliphatic rings. The number of aromatic amines is 1. The Hall–Kier alpha value is -2.83. The molecule has 0 unspecified atom stereocenters. The summed E-state index contributed by atoms with van der Waals surface area (Å²) in [7, 11) is 0. The number of benzene rings is 1. The van der Waals surface area contributed by atoms with Crippen LogP contribution in [0.15, 0.2) is 54.6 Å². The zero-order valence-corrected chi connectivity index (χ0v) is 11.1. The van der Waals surface area contributed by atoms with Gasteiger partial charge in [-0.25, -0.2) is 4.98 Å². The van der Waals surface area contributed by atoms with Crippen LogP contribution in [0.2, 0.25) is 0 Å². The van der Waals surface area contributed by atoms with Gasteiger partial charge in [-0.2, -0.15) is 18.3 Å². The van der Waals surface area contributed by atoms with E-state index in [4.69, 9.17) is 4.74 Å². The first-order chi connectivity index (χ1) is 10.5. The third-order valence-corrected chi connectivity index (χ3v) is 2.83. The lowest BCUT2D eigenvalue weighted by Gasteiger charge is -2.05. The molecule has 4 nitrogen and oxygen atoms in total. The van der Waals surface area contributed by atoms with Crippen LogP contribution >= 0.6 is 0 Å². The molecule has 7 heteroatoms. The molecule has 0 fully saturated rings. The molecule has 3 rings (SSSR count). The number of alkyl halides is 3. The van der Waals surface area contributed by atoms with Gasteiger partial charge in [-0.3, -0.25) is 5.10 Å². The number of H-pyrrole nitrogens is 1. The summed E-state index contributed by atoms with van der Waals surface area (Å²) >= 11 is 0. The largest absolute Gasteiger partial charge is 0.439 e. The minimum atomic E-state index is -4.47. The van der Waals surface area contributed by atoms with E-state index in [0.29, 0.717) is 11.4 Å². The molecular formula is C15H10F3N3O. The van der Waals surface area contributed by atoms with Crippen molar-refractivity contribution in [3.8, 4) is 23.0 Å². The van der Waals surface area contributed by atoms with Gasteiger partial charge in [-0.1, -0.05) is 24.3 Å². The van der Waals surface area contributed by atoms with Crippen molar-refractivity contribution in [2.24, 2.45) is 0 Å². The topological polar surface area (TPSA) is 50.8 Å². The Bertz CT molecular complexity index is 769. The van der Waals surface area contributed by atoms with Crippen molar-refractivity contribution >= 4 is 0 Å². The molecule has 1 aromatic carbocycles. The molecule has 0 spiro atoms. The van der Waals surface area contributed by atoms with Crippen LogP contribution < -0.4 is 4.74 Å². The quantitative estimate of drug-likeness (QED) is 0.785. The third-order valence-electron chi connectivity index (χ3n) is 2.83. The van der Waals surface area contributed by atoms with Crippen molar-refractivity contribution in [3.63, 3.8) is 0 Å². The predicted octanol–water partition coefficient (Wildman–Crippen LogP) is 4.28. The monoisotopic (exact) mass is 305 g/mol. The highest BCUT2D eigenvalue weighted by Gasteiger charge is 2.33. The van der Waals surface area contributed by atoms with E-state index in [1.165, 1.54) is 0 Å². The number of halogens is 3. The summed E-state index contributed by atoms with van der Waals surface area (Å²) in [6.45, 7) is 0. The van der Waals surface area contributed by atoms with Gasteiger partial charge < -0.3 is 4.74 Å². The molecule has 22 heavy (non-hydrogen) atoms. The van der Waals surface area contributed by atoms with E-state index < -0.39 is 11.9 Å². The SMILES string of the molecule is FC(F)(F)c1cc(-c2cccc(Oc3ccccc3)n2)n[nH]1. The number of ether oxygens (including phenoxy) is 1. The van der Waals surface area contributed by atoms with Crippen LogP contribution in [0, 0.1) is 0 Å². The summed E-state index contributed by atoms with van der Waals surface area (Å²) in [4.78, 5) is 4.16. The summed E-state index contributed by atoms with van der Waals surface area (Å²) in [5.41, 5.74) is -0.523. The Morgan fingerprint density at radius 3 is 2.36 bits per heavy atom. The van der Waals surface area contributed by atoms with E-state index in [2.05, 4.69) is 10.1 Å². The van der Waals surface area contributed by atoms with E-state index in [9.17, 15) is 13.2 Å². The van der Waals surface area contributed by atoms with Crippen LogP contribution in [0.5, 0.6) is 11.6 Å². The molecule has 3 aromatic rings. The maximum Gasteiger partial charge on any atom is 0.432 e. The molecule has 0 atom stereocenters. The first-order valence-corrected chi connectivity index (χ1v) is 6.35. The van der Waals surface area contributed by atoms with Crippen molar-refractivity contribution in [1.29, 1.82) is 0 Å². The zero-order chi connectivity index (χ0) is 15.6. The minimum absolute atomic E-state index is 0.103. The highest BCUT2D eigenvalue weighted by Crippen LogP contribution is 2.30. The number of nitrogens with zero attached hydrogens (tertiary/aromatic N) is 2. The second-order valence-corrected chi connectivity index (χ2v) is 4.44. The van der Waals surface area contributed by atoms with Gasteiger partial charge in [0.05, 0.1) is 5.69 Å². The Kier molecular flexibility index (Phi) is 3.54. The van der Waals surface area contributed by atoms with E-state index in [0.717, 1.165) is 6.07 Å². The van der Waals surface area contributed by atoms with E-state index in [1.807, 2.05) is 23.3 Å². The second kappa shape index (κ2) is 5.51. The molecule has 0 bridgehead atoms. The van der Waals surface area contributed by atoms with Gasteiger partial charge in [0.25, 0.3) is 0 Å². The molecule has 2 aromatic heterocycles. The summed E-state index contributed by atoms with van der Waals surface area (Å²) in [6, 6.07) is 14.7. The fourth-order valence-electron chi connectivity index (χ4n) is 1.82. The summed E-state index contributed by atoms with van der Waals surface area (Å²) in [5.74, 6) is 0.866. The highest BCUT2D eigenvalue weighted by atomic mass is 19.4. The van der Waals surface area contributed by atoms with Crippen molar-refractivity contribution < 1.29 is 17.9 Å². The van der Waals surface area contributed by atoms with Crippen molar-refractivity contribution in [3.05, 3.63) is 60.3 Å². The Morgan fingerprint density at radius 1 is 0.909 bits per heavy atom. The molecule has 112 valence electrons. The lowest BCUT2D eigenvalue weighted by molar-refractivity contribution is -0.141. The third kappa shape index (κ3) is 3.08. The van der Waals surface area contributed by atoms with Gasteiger partial charge >= 0.3 is 6.18 Å². The van der Waals surface area contributed by atoms with Gasteiger partial charge in [-0.05, 0) is 24.3 Å². The Balaban J connectivity index is 1.86. The van der Waals surface area contributed by atoms with Crippen LogP contribution in [0.25, 0.3) is 11.4 Å². The molecule has 0 amide bonds. The molecule has 0 radical (unpaired) electrons. The zero-order valence-electron chi connectivity index (χ0n) is 11.1. The maximum absolute atomic E-state index is 12.6. The number of nitrogens with one attached hydrogen (secondary N) is 1. The Labute approximate surface area is 123 Å². The summed E-state index contributed by atoms with van der Waals surface area (Å²) < 4.78 is 43.2. The number of hydrogen-bond donors (Lipinski definition) is 1. The predicted molar refractivity (Wildman–Crippen MR) is 73.3 cm³/mol. The first kappa shape index (κ1) is 14.1. The number of rotatable bonds is 3. The summed E-state index contributed by atoms with van der Waals surface area (Å²) in [5, 5.41) is 5.60. The smallest absolute Gasteiger partial charge is 0.432 e. The van der Waals surface area contributed by atoms with Crippen LogP contribution in [0.1, 0.15) is 5.69 Å². The molecule has 0 aliphatic carbocycles. The highest BCUT2D eigenvalue weighted by molar-refractivity contribution is 5.55. The van der Waals surface area contributed by atoms with Crippen LogP contribution in [-0.4, -0.2) is 15.2 Å². The average Bonchev–Trinajstić information content (AvgIpc) is 2.99. The standard InChI is InChI=1S/C15H10F3N3O/c16-15(17,18)13-9-12(20-21-13)11-7-4-8-14(19-11)22-10-5-2-1-3-6-10/h1-9H,(H,20,21). The van der Waals surface area contributed by atoms with Crippen molar-refractivity contribution in [2.45, 2.75) is 6.18 Å². The van der Waals surface area contributed by atoms with Gasteiger partial charge in [0.1, 0.15) is 17.1 Å². The van der Waals surface area contributed by atoms with E-state index >= 15 is 0 Å². The van der Waals surface area contributed by atoms with Gasteiger partial charge in [0, 0.05) is 6.07 Å². The van der Waals surface area contributed by atoms with Gasteiger partial charge in [0.2, 0.25) is 5.88 Å². The van der Waals surface area contributed by atoms with Crippen LogP contribution in [-0.2, 0) is 6.18 Å². The molecular weight excluding hydrogens is 295 g/mol. The number of pyridine rings is 1. The lowest BCUT2D eigenvalue weighted by atomic mass is 10.2. The lowest BCUT2D eigenvalue weighted by Crippen LogP contribution is -2.04. The average molecular weight is 305 g/mol. The van der Waals surface area contributed by atoms with Crippen molar-refractivity contribution in [2.75, 3.05) is 0 Å². The number of para-hydroxylation sites is 1. The first-order valence-electron chi connectivity index (χ1n) is 6.35. The minimum Gasteiger partial charge on any atom is -0.439 e. The molecule has 2 heterocycles. The fraction of sp³-hybridized carbons (Fsp3) is 0.0667. The number of hydrogen-bond acceptors (Lipinski definition) is 3. The van der Waals surface area contributed by atoms with E-state index in [1.54, 1.807) is 30.3 Å². The van der Waals surface area contributed by atoms with E-state index in [-0.39, 0.29) is 11.6 Å². The van der Waals surface area contributed by atoms with Crippen LogP contribution in [0.4, 0.5) is 13.2 Å². The van der Waals surface area contributed by atoms with Crippen molar-refractivity contribution in [1.82, 2.24) is 15.2 Å². The fourth-order valence-corrected chi connectivity index (χ4v) is 1.82. The second-order valence-electron chi connectivity index (χ2n) is 4.44. The molecule has 0 aliphatic heterocycles. The molecule has 1 N–H and O–H groups in total. The van der Waals surface area contributed by atoms with Gasteiger partial charge in [0.15, 0.2) is 0 Å². The molecule has 0 saturated carbocycles. The van der Waals surface area contributed by atoms with Crippen LogP contribution in [0.3, 0.4) is 0 Å².